The van der Waals surface area contributed by atoms with Gasteiger partial charge in [-0.15, -0.1) is 0 Å². The Morgan fingerprint density at radius 1 is 1.13 bits per heavy atom. The summed E-state index contributed by atoms with van der Waals surface area (Å²) in [5, 5.41) is 4.09. The molecule has 30 heavy (non-hydrogen) atoms. The van der Waals surface area contributed by atoms with Crippen LogP contribution in [-0.2, 0) is 0 Å². The maximum Gasteiger partial charge on any atom is 0.231 e. The molecule has 0 aliphatic rings. The summed E-state index contributed by atoms with van der Waals surface area (Å²) in [6.07, 6.45) is 2.82. The highest BCUT2D eigenvalue weighted by molar-refractivity contribution is 9.10. The van der Waals surface area contributed by atoms with Crippen molar-refractivity contribution in [3.05, 3.63) is 76.4 Å². The summed E-state index contributed by atoms with van der Waals surface area (Å²) in [6.45, 7) is 8.90. The molecule has 0 amide bonds. The van der Waals surface area contributed by atoms with Crippen molar-refractivity contribution >= 4 is 27.3 Å². The minimum Gasteiger partial charge on any atom is -0.361 e. The Labute approximate surface area is 183 Å². The number of aromatic nitrogens is 3. The van der Waals surface area contributed by atoms with Crippen molar-refractivity contribution in [2.24, 2.45) is 0 Å². The van der Waals surface area contributed by atoms with Crippen molar-refractivity contribution in [2.45, 2.75) is 27.7 Å². The van der Waals surface area contributed by atoms with E-state index in [0.717, 1.165) is 50.7 Å². The number of hydrogen-bond acceptors (Lipinski definition) is 4. The summed E-state index contributed by atoms with van der Waals surface area (Å²) in [5.74, 6) is 0.304. The van der Waals surface area contributed by atoms with Crippen LogP contribution in [0.4, 0.5) is 15.8 Å². The number of imidazole rings is 1. The molecule has 0 fully saturated rings. The predicted octanol–water partition coefficient (Wildman–Crippen LogP) is 6.51. The van der Waals surface area contributed by atoms with E-state index in [2.05, 4.69) is 63.0 Å². The third-order valence-corrected chi connectivity index (χ3v) is 5.85. The van der Waals surface area contributed by atoms with E-state index in [-0.39, 0.29) is 0 Å². The van der Waals surface area contributed by atoms with Crippen molar-refractivity contribution in [3.8, 4) is 16.8 Å². The van der Waals surface area contributed by atoms with Crippen molar-refractivity contribution in [1.82, 2.24) is 14.7 Å². The molecule has 4 rings (SSSR count). The molecule has 2 heterocycles. The van der Waals surface area contributed by atoms with Gasteiger partial charge in [0.15, 0.2) is 0 Å². The van der Waals surface area contributed by atoms with Crippen LogP contribution in [-0.4, -0.2) is 21.3 Å². The van der Waals surface area contributed by atoms with Crippen LogP contribution in [0.3, 0.4) is 0 Å². The maximum absolute atomic E-state index is 13.3. The van der Waals surface area contributed by atoms with Crippen LogP contribution in [0.2, 0.25) is 0 Å². The van der Waals surface area contributed by atoms with Crippen LogP contribution in [0.5, 0.6) is 0 Å². The van der Waals surface area contributed by atoms with E-state index in [1.807, 2.05) is 32.0 Å². The fourth-order valence-corrected chi connectivity index (χ4v) is 4.32. The highest BCUT2D eigenvalue weighted by Gasteiger charge is 2.17. The van der Waals surface area contributed by atoms with Gasteiger partial charge in [0.2, 0.25) is 5.95 Å². The Bertz CT molecular complexity index is 1190. The molecule has 5 nitrogen and oxygen atoms in total. The standard InChI is InChI=1S/C23H22BrFN4O/c1-5-29(18-8-9-20(19(24)11-18)28-12-22(25)26-13-28)21-10-17(7-6-14(21)2)23-15(3)27-30-16(23)4/h6-13H,5H2,1-4H3. The van der Waals surface area contributed by atoms with Gasteiger partial charge in [0.25, 0.3) is 0 Å². The van der Waals surface area contributed by atoms with Gasteiger partial charge in [-0.05, 0) is 79.0 Å². The van der Waals surface area contributed by atoms with Crippen molar-refractivity contribution in [1.29, 1.82) is 0 Å². The van der Waals surface area contributed by atoms with E-state index in [0.29, 0.717) is 0 Å². The first-order chi connectivity index (χ1) is 14.4. The number of halogens is 2. The fraction of sp³-hybridized carbons (Fsp3) is 0.217. The SMILES string of the molecule is CCN(c1ccc(-n2cnc(F)c2)c(Br)c1)c1cc(-c2c(C)noc2C)ccc1C. The van der Waals surface area contributed by atoms with Gasteiger partial charge in [-0.3, -0.25) is 0 Å². The topological polar surface area (TPSA) is 47.1 Å². The summed E-state index contributed by atoms with van der Waals surface area (Å²) in [4.78, 5) is 5.92. The zero-order valence-corrected chi connectivity index (χ0v) is 18.9. The molecule has 0 aliphatic carbocycles. The fourth-order valence-electron chi connectivity index (χ4n) is 3.75. The Kier molecular flexibility index (Phi) is 5.47. The van der Waals surface area contributed by atoms with E-state index in [9.17, 15) is 4.39 Å². The van der Waals surface area contributed by atoms with E-state index in [1.54, 1.807) is 4.57 Å². The Hall–Kier alpha value is -2.93. The van der Waals surface area contributed by atoms with Gasteiger partial charge < -0.3 is 14.0 Å². The second-order valence-corrected chi connectivity index (χ2v) is 8.04. The van der Waals surface area contributed by atoms with Crippen molar-refractivity contribution < 1.29 is 8.91 Å². The zero-order valence-electron chi connectivity index (χ0n) is 17.3. The molecule has 154 valence electrons. The van der Waals surface area contributed by atoms with Gasteiger partial charge in [-0.25, -0.2) is 4.98 Å². The summed E-state index contributed by atoms with van der Waals surface area (Å²) in [7, 11) is 0. The largest absolute Gasteiger partial charge is 0.361 e. The molecule has 0 radical (unpaired) electrons. The first-order valence-electron chi connectivity index (χ1n) is 9.70. The molecule has 0 unspecified atom stereocenters. The lowest BCUT2D eigenvalue weighted by Gasteiger charge is -2.26. The van der Waals surface area contributed by atoms with Crippen molar-refractivity contribution in [3.63, 3.8) is 0 Å². The normalized spacial score (nSPS) is 11.1. The third kappa shape index (κ3) is 3.65. The molecule has 0 N–H and O–H groups in total. The van der Waals surface area contributed by atoms with Gasteiger partial charge in [-0.2, -0.15) is 4.39 Å². The summed E-state index contributed by atoms with van der Waals surface area (Å²) < 4.78 is 21.2. The summed E-state index contributed by atoms with van der Waals surface area (Å²) in [5.41, 5.74) is 7.14. The molecular formula is C23H22BrFN4O. The third-order valence-electron chi connectivity index (χ3n) is 5.21. The molecule has 2 aromatic carbocycles. The Morgan fingerprint density at radius 2 is 1.93 bits per heavy atom. The zero-order chi connectivity index (χ0) is 21.4. The monoisotopic (exact) mass is 468 g/mol. The van der Waals surface area contributed by atoms with E-state index in [1.165, 1.54) is 18.1 Å². The predicted molar refractivity (Wildman–Crippen MR) is 120 cm³/mol. The summed E-state index contributed by atoms with van der Waals surface area (Å²) in [6, 6.07) is 12.4. The second-order valence-electron chi connectivity index (χ2n) is 7.18. The molecule has 0 saturated heterocycles. The molecule has 0 aliphatic heterocycles. The van der Waals surface area contributed by atoms with Crippen LogP contribution in [0, 0.1) is 26.7 Å². The van der Waals surface area contributed by atoms with Crippen LogP contribution in [0.1, 0.15) is 23.9 Å². The maximum atomic E-state index is 13.3. The Balaban J connectivity index is 1.76. The van der Waals surface area contributed by atoms with E-state index >= 15 is 0 Å². The molecular weight excluding hydrogens is 447 g/mol. The molecule has 0 saturated carbocycles. The Morgan fingerprint density at radius 3 is 2.53 bits per heavy atom. The summed E-state index contributed by atoms with van der Waals surface area (Å²) >= 11 is 3.63. The van der Waals surface area contributed by atoms with Gasteiger partial charge in [0.1, 0.15) is 12.1 Å². The second kappa shape index (κ2) is 8.07. The highest BCUT2D eigenvalue weighted by atomic mass is 79.9. The van der Waals surface area contributed by atoms with Gasteiger partial charge in [0, 0.05) is 28.0 Å². The lowest BCUT2D eigenvalue weighted by atomic mass is 10.0. The molecule has 7 heteroatoms. The first kappa shape index (κ1) is 20.3. The van der Waals surface area contributed by atoms with E-state index < -0.39 is 5.95 Å². The number of aryl methyl sites for hydroxylation is 3. The number of rotatable bonds is 5. The minimum atomic E-state index is -0.507. The molecule has 0 spiro atoms. The molecule has 0 atom stereocenters. The lowest BCUT2D eigenvalue weighted by molar-refractivity contribution is 0.393. The van der Waals surface area contributed by atoms with Gasteiger partial charge in [0.05, 0.1) is 17.6 Å². The first-order valence-corrected chi connectivity index (χ1v) is 10.5. The average Bonchev–Trinajstić information content (AvgIpc) is 3.29. The van der Waals surface area contributed by atoms with E-state index in [4.69, 9.17) is 4.52 Å². The van der Waals surface area contributed by atoms with Crippen molar-refractivity contribution in [2.75, 3.05) is 11.4 Å². The molecule has 0 bridgehead atoms. The number of benzene rings is 2. The lowest BCUT2D eigenvalue weighted by Crippen LogP contribution is -2.17. The molecule has 4 aromatic rings. The minimum absolute atomic E-state index is 0.507. The smallest absolute Gasteiger partial charge is 0.231 e. The van der Waals surface area contributed by atoms with Crippen LogP contribution < -0.4 is 4.90 Å². The average molecular weight is 469 g/mol. The quantitative estimate of drug-likeness (QED) is 0.334. The van der Waals surface area contributed by atoms with Gasteiger partial charge >= 0.3 is 0 Å². The van der Waals surface area contributed by atoms with Gasteiger partial charge in [-0.1, -0.05) is 17.3 Å². The number of anilines is 2. The number of hydrogen-bond donors (Lipinski definition) is 0. The van der Waals surface area contributed by atoms with Crippen LogP contribution >= 0.6 is 15.9 Å². The highest BCUT2D eigenvalue weighted by Crippen LogP contribution is 2.36. The number of nitrogens with zero attached hydrogens (tertiary/aromatic N) is 4. The molecule has 2 aromatic heterocycles. The van der Waals surface area contributed by atoms with Crippen LogP contribution in [0.25, 0.3) is 16.8 Å². The van der Waals surface area contributed by atoms with Crippen LogP contribution in [0.15, 0.2) is 57.9 Å².